The Morgan fingerprint density at radius 3 is 2.56 bits per heavy atom. The first kappa shape index (κ1) is 7.68. The third-order valence-corrected chi connectivity index (χ3v) is 0.687. The van der Waals surface area contributed by atoms with Crippen molar-refractivity contribution in [1.82, 2.24) is 5.01 Å². The molecule has 0 aliphatic carbocycles. The van der Waals surface area contributed by atoms with E-state index < -0.39 is 0 Å². The first-order valence-corrected chi connectivity index (χ1v) is 2.39. The Balaban J connectivity index is 3.98. The van der Waals surface area contributed by atoms with E-state index in [4.69, 9.17) is 5.73 Å². The number of nitrogens with two attached hydrogens (primary N) is 1. The zero-order valence-corrected chi connectivity index (χ0v) is 5.24. The number of rotatable bonds is 2. The van der Waals surface area contributed by atoms with Crippen LogP contribution in [0.4, 0.5) is 0 Å². The smallest absolute Gasteiger partial charge is 0.243 e. The van der Waals surface area contributed by atoms with Crippen molar-refractivity contribution in [3.8, 4) is 0 Å². The topological polar surface area (TPSA) is 58.7 Å². The van der Waals surface area contributed by atoms with Crippen molar-refractivity contribution in [1.29, 1.82) is 0 Å². The van der Waals surface area contributed by atoms with Gasteiger partial charge < -0.3 is 5.73 Å². The largest absolute Gasteiger partial charge is 0.388 e. The zero-order valence-electron chi connectivity index (χ0n) is 5.24. The summed E-state index contributed by atoms with van der Waals surface area (Å²) in [5, 5.41) is 4.50. The highest BCUT2D eigenvalue weighted by atomic mass is 16.2. The molecular weight excluding hydrogens is 118 g/mol. The summed E-state index contributed by atoms with van der Waals surface area (Å²) in [6.07, 6.45) is 2.31. The second-order valence-corrected chi connectivity index (χ2v) is 1.31. The summed E-state index contributed by atoms with van der Waals surface area (Å²) in [4.78, 5) is 10.5. The molecule has 0 radical (unpaired) electrons. The molecule has 0 bridgehead atoms. The van der Waals surface area contributed by atoms with Crippen LogP contribution in [0.15, 0.2) is 17.9 Å². The molecule has 4 nitrogen and oxygen atoms in total. The zero-order chi connectivity index (χ0) is 7.28. The number of hydrogen-bond donors (Lipinski definition) is 1. The summed E-state index contributed by atoms with van der Waals surface area (Å²) < 4.78 is 0. The molecule has 0 aromatic heterocycles. The fraction of sp³-hybridized carbons (Fsp3) is 0.200. The average molecular weight is 127 g/mol. The van der Waals surface area contributed by atoms with Crippen molar-refractivity contribution in [3.05, 3.63) is 12.8 Å². The lowest BCUT2D eigenvalue weighted by Gasteiger charge is -2.05. The highest BCUT2D eigenvalue weighted by Crippen LogP contribution is 1.87. The minimum absolute atomic E-state index is 0.216. The fourth-order valence-corrected chi connectivity index (χ4v) is 0.329. The molecule has 0 fully saturated rings. The van der Waals surface area contributed by atoms with Crippen LogP contribution in [0.5, 0.6) is 0 Å². The molecule has 0 saturated heterocycles. The predicted molar refractivity (Wildman–Crippen MR) is 35.4 cm³/mol. The summed E-state index contributed by atoms with van der Waals surface area (Å²) >= 11 is 0. The maximum Gasteiger partial charge on any atom is 0.243 e. The normalized spacial score (nSPS) is 9.44. The third-order valence-electron chi connectivity index (χ3n) is 0.687. The van der Waals surface area contributed by atoms with Gasteiger partial charge in [0.1, 0.15) is 6.34 Å². The minimum Gasteiger partial charge on any atom is -0.388 e. The lowest BCUT2D eigenvalue weighted by Crippen LogP contribution is -2.16. The van der Waals surface area contributed by atoms with E-state index in [9.17, 15) is 4.79 Å². The van der Waals surface area contributed by atoms with Crippen LogP contribution in [0.2, 0.25) is 0 Å². The van der Waals surface area contributed by atoms with Crippen LogP contribution in [-0.2, 0) is 4.79 Å². The first-order chi connectivity index (χ1) is 4.22. The van der Waals surface area contributed by atoms with Crippen LogP contribution in [0.1, 0.15) is 6.92 Å². The van der Waals surface area contributed by atoms with E-state index in [0.29, 0.717) is 0 Å². The Morgan fingerprint density at radius 2 is 2.44 bits per heavy atom. The molecule has 50 valence electrons. The number of carbonyl (C=O) groups excluding carboxylic acids is 1. The summed E-state index contributed by atoms with van der Waals surface area (Å²) in [7, 11) is 0. The van der Waals surface area contributed by atoms with E-state index in [1.807, 2.05) is 0 Å². The van der Waals surface area contributed by atoms with Gasteiger partial charge in [-0.25, -0.2) is 5.01 Å². The first-order valence-electron chi connectivity index (χ1n) is 2.39. The highest BCUT2D eigenvalue weighted by molar-refractivity contribution is 5.74. The van der Waals surface area contributed by atoms with Gasteiger partial charge in [-0.05, 0) is 0 Å². The van der Waals surface area contributed by atoms with Gasteiger partial charge >= 0.3 is 0 Å². The van der Waals surface area contributed by atoms with Crippen LogP contribution in [0, 0.1) is 0 Å². The third kappa shape index (κ3) is 2.48. The quantitative estimate of drug-likeness (QED) is 0.319. The van der Waals surface area contributed by atoms with Gasteiger partial charge in [-0.15, -0.1) is 0 Å². The van der Waals surface area contributed by atoms with Gasteiger partial charge in [0, 0.05) is 13.1 Å². The molecule has 0 unspecified atom stereocenters. The number of carbonyl (C=O) groups is 1. The Kier molecular flexibility index (Phi) is 3.12. The molecule has 0 aliphatic rings. The van der Waals surface area contributed by atoms with Crippen molar-refractivity contribution < 1.29 is 4.79 Å². The Morgan fingerprint density at radius 1 is 1.89 bits per heavy atom. The van der Waals surface area contributed by atoms with Gasteiger partial charge in [0.25, 0.3) is 0 Å². The van der Waals surface area contributed by atoms with E-state index >= 15 is 0 Å². The molecule has 2 N–H and O–H groups in total. The second-order valence-electron chi connectivity index (χ2n) is 1.31. The van der Waals surface area contributed by atoms with Gasteiger partial charge in [-0.2, -0.15) is 5.10 Å². The number of hydrogen-bond acceptors (Lipinski definition) is 2. The molecule has 0 rings (SSSR count). The highest BCUT2D eigenvalue weighted by Gasteiger charge is 1.97. The van der Waals surface area contributed by atoms with E-state index in [-0.39, 0.29) is 5.91 Å². The summed E-state index contributed by atoms with van der Waals surface area (Å²) in [5.74, 6) is -0.216. The average Bonchev–Trinajstić information content (AvgIpc) is 1.82. The lowest BCUT2D eigenvalue weighted by molar-refractivity contribution is -0.126. The van der Waals surface area contributed by atoms with Gasteiger partial charge in [-0.1, -0.05) is 6.58 Å². The molecule has 1 amide bonds. The van der Waals surface area contributed by atoms with Crippen molar-refractivity contribution in [3.63, 3.8) is 0 Å². The summed E-state index contributed by atoms with van der Waals surface area (Å²) in [5.41, 5.74) is 4.91. The number of hydrazone groups is 1. The maximum absolute atomic E-state index is 10.5. The van der Waals surface area contributed by atoms with Crippen molar-refractivity contribution in [2.24, 2.45) is 10.8 Å². The minimum atomic E-state index is -0.216. The molecule has 0 aliphatic heterocycles. The van der Waals surface area contributed by atoms with Crippen molar-refractivity contribution in [2.45, 2.75) is 6.92 Å². The molecule has 4 heteroatoms. The van der Waals surface area contributed by atoms with E-state index in [0.717, 1.165) is 11.3 Å². The van der Waals surface area contributed by atoms with Gasteiger partial charge in [0.05, 0.1) is 0 Å². The Bertz CT molecular complexity index is 141. The second kappa shape index (κ2) is 3.65. The molecule has 0 aromatic rings. The van der Waals surface area contributed by atoms with E-state index in [2.05, 4.69) is 11.7 Å². The van der Waals surface area contributed by atoms with E-state index in [1.54, 1.807) is 0 Å². The fourth-order valence-electron chi connectivity index (χ4n) is 0.329. The molecule has 0 atom stereocenters. The Hall–Kier alpha value is -1.32. The monoisotopic (exact) mass is 127 g/mol. The molecule has 0 heterocycles. The van der Waals surface area contributed by atoms with E-state index in [1.165, 1.54) is 13.1 Å². The van der Waals surface area contributed by atoms with Crippen LogP contribution in [0.3, 0.4) is 0 Å². The maximum atomic E-state index is 10.5. The van der Waals surface area contributed by atoms with Crippen molar-refractivity contribution >= 4 is 12.2 Å². The van der Waals surface area contributed by atoms with Gasteiger partial charge in [-0.3, -0.25) is 4.79 Å². The molecule has 9 heavy (non-hydrogen) atoms. The van der Waals surface area contributed by atoms with Crippen LogP contribution < -0.4 is 5.73 Å². The van der Waals surface area contributed by atoms with Crippen LogP contribution in [0.25, 0.3) is 0 Å². The van der Waals surface area contributed by atoms with Gasteiger partial charge in [0.15, 0.2) is 0 Å². The standard InChI is InChI=1S/C5H9N3O/c1-3-8(5(2)9)7-4-6/h3-4H,1H2,2H3,(H2,6,7). The molecule has 0 saturated carbocycles. The molecule has 0 aromatic carbocycles. The van der Waals surface area contributed by atoms with Crippen molar-refractivity contribution in [2.75, 3.05) is 0 Å². The summed E-state index contributed by atoms with van der Waals surface area (Å²) in [6.45, 7) is 4.71. The molecular formula is C5H9N3O. The SMILES string of the molecule is C=CN(/N=C\N)C(C)=O. The van der Waals surface area contributed by atoms with Crippen LogP contribution in [-0.4, -0.2) is 17.3 Å². The van der Waals surface area contributed by atoms with Crippen LogP contribution >= 0.6 is 0 Å². The number of nitrogens with zero attached hydrogens (tertiary/aromatic N) is 2. The van der Waals surface area contributed by atoms with Gasteiger partial charge in [0.2, 0.25) is 5.91 Å². The number of amides is 1. The predicted octanol–water partition coefficient (Wildman–Crippen LogP) is -0.120. The lowest BCUT2D eigenvalue weighted by atomic mass is 10.7. The summed E-state index contributed by atoms with van der Waals surface area (Å²) in [6, 6.07) is 0. The Labute approximate surface area is 53.6 Å². The molecule has 0 spiro atoms.